The number of alkyl halides is 3. The highest BCUT2D eigenvalue weighted by Gasteiger charge is 2.43. The van der Waals surface area contributed by atoms with E-state index in [0.29, 0.717) is 19.3 Å². The molecule has 23 heavy (non-hydrogen) atoms. The van der Waals surface area contributed by atoms with Gasteiger partial charge in [-0.05, 0) is 27.2 Å². The number of carbonyl (C=O) groups is 2. The van der Waals surface area contributed by atoms with Crippen LogP contribution in [-0.2, 0) is 14.3 Å². The lowest BCUT2D eigenvalue weighted by Crippen LogP contribution is -2.45. The Balaban J connectivity index is 2.44. The first-order chi connectivity index (χ1) is 10.5. The van der Waals surface area contributed by atoms with Gasteiger partial charge in [0, 0.05) is 25.9 Å². The molecule has 1 aliphatic heterocycles. The maximum absolute atomic E-state index is 12.4. The van der Waals surface area contributed by atoms with E-state index in [2.05, 4.69) is 0 Å². The minimum Gasteiger partial charge on any atom is -0.462 e. The van der Waals surface area contributed by atoms with Crippen molar-refractivity contribution in [1.82, 2.24) is 4.90 Å². The van der Waals surface area contributed by atoms with E-state index < -0.39 is 35.9 Å². The van der Waals surface area contributed by atoms with Gasteiger partial charge in [0.15, 0.2) is 0 Å². The van der Waals surface area contributed by atoms with Gasteiger partial charge >= 0.3 is 18.2 Å². The zero-order valence-electron chi connectivity index (χ0n) is 13.9. The molecular formula is C15H24F3NO4. The number of amides is 1. The van der Waals surface area contributed by atoms with Crippen molar-refractivity contribution in [2.75, 3.05) is 13.1 Å². The van der Waals surface area contributed by atoms with Crippen LogP contribution >= 0.6 is 0 Å². The first-order valence-corrected chi connectivity index (χ1v) is 7.71. The predicted octanol–water partition coefficient (Wildman–Crippen LogP) is 3.52. The molecular weight excluding hydrogens is 315 g/mol. The number of likely N-dealkylation sites (tertiary alicyclic amines) is 1. The largest absolute Gasteiger partial charge is 0.462 e. The third kappa shape index (κ3) is 5.91. The molecule has 1 heterocycles. The number of halogens is 3. The van der Waals surface area contributed by atoms with Crippen molar-refractivity contribution < 1.29 is 32.2 Å². The quantitative estimate of drug-likeness (QED) is 0.736. The first kappa shape index (κ1) is 19.6. The van der Waals surface area contributed by atoms with Gasteiger partial charge in [-0.3, -0.25) is 4.79 Å². The third-order valence-electron chi connectivity index (χ3n) is 4.04. The average molecular weight is 339 g/mol. The average Bonchev–Trinajstić information content (AvgIpc) is 2.45. The van der Waals surface area contributed by atoms with Crippen LogP contribution in [0.15, 0.2) is 0 Å². The Bertz CT molecular complexity index is 429. The first-order valence-electron chi connectivity index (χ1n) is 7.71. The molecule has 1 atom stereocenters. The van der Waals surface area contributed by atoms with Gasteiger partial charge in [0.2, 0.25) is 0 Å². The lowest BCUT2D eigenvalue weighted by Gasteiger charge is -2.34. The smallest absolute Gasteiger partial charge is 0.410 e. The highest BCUT2D eigenvalue weighted by Crippen LogP contribution is 2.28. The molecule has 5 nitrogen and oxygen atoms in total. The Labute approximate surface area is 134 Å². The molecule has 0 N–H and O–H groups in total. The van der Waals surface area contributed by atoms with Gasteiger partial charge in [0.1, 0.15) is 17.6 Å². The van der Waals surface area contributed by atoms with Crippen molar-refractivity contribution in [3.8, 4) is 0 Å². The van der Waals surface area contributed by atoms with E-state index in [1.807, 2.05) is 6.92 Å². The predicted molar refractivity (Wildman–Crippen MR) is 76.8 cm³/mol. The second kappa shape index (κ2) is 7.40. The fraction of sp³-hybridized carbons (Fsp3) is 0.867. The molecule has 0 aromatic carbocycles. The summed E-state index contributed by atoms with van der Waals surface area (Å²) in [4.78, 5) is 24.9. The number of hydrogen-bond donors (Lipinski definition) is 0. The molecule has 1 fully saturated rings. The summed E-state index contributed by atoms with van der Waals surface area (Å²) in [6.45, 7) is 6.87. The van der Waals surface area contributed by atoms with Gasteiger partial charge in [-0.1, -0.05) is 6.92 Å². The number of piperidine rings is 1. The van der Waals surface area contributed by atoms with Crippen LogP contribution in [0, 0.1) is 5.92 Å². The van der Waals surface area contributed by atoms with Crippen LogP contribution in [-0.4, -0.2) is 47.9 Å². The minimum atomic E-state index is -4.60. The third-order valence-corrected chi connectivity index (χ3v) is 4.04. The van der Waals surface area contributed by atoms with Crippen LogP contribution in [0.4, 0.5) is 18.0 Å². The summed E-state index contributed by atoms with van der Waals surface area (Å²) >= 11 is 0. The Morgan fingerprint density at radius 3 is 2.17 bits per heavy atom. The molecule has 0 radical (unpaired) electrons. The molecule has 0 saturated carbocycles. The number of hydrogen-bond acceptors (Lipinski definition) is 4. The lowest BCUT2D eigenvalue weighted by atomic mass is 10.1. The number of nitrogens with zero attached hydrogens (tertiary/aromatic N) is 1. The van der Waals surface area contributed by atoms with E-state index in [9.17, 15) is 22.8 Å². The van der Waals surface area contributed by atoms with E-state index in [0.717, 1.165) is 6.92 Å². The van der Waals surface area contributed by atoms with Crippen molar-refractivity contribution in [2.45, 2.75) is 64.8 Å². The molecule has 1 saturated heterocycles. The second-order valence-corrected chi connectivity index (χ2v) is 6.37. The molecule has 1 aliphatic rings. The topological polar surface area (TPSA) is 55.8 Å². The fourth-order valence-corrected chi connectivity index (χ4v) is 1.93. The molecule has 134 valence electrons. The van der Waals surface area contributed by atoms with E-state index in [-0.39, 0.29) is 13.1 Å². The maximum atomic E-state index is 12.4. The van der Waals surface area contributed by atoms with Gasteiger partial charge in [0.05, 0.1) is 0 Å². The van der Waals surface area contributed by atoms with Gasteiger partial charge in [-0.15, -0.1) is 0 Å². The molecule has 0 bridgehead atoms. The van der Waals surface area contributed by atoms with Crippen LogP contribution in [0.5, 0.6) is 0 Å². The van der Waals surface area contributed by atoms with Crippen LogP contribution < -0.4 is 0 Å². The van der Waals surface area contributed by atoms with E-state index >= 15 is 0 Å². The van der Waals surface area contributed by atoms with Crippen LogP contribution in [0.25, 0.3) is 0 Å². The normalized spacial score (nSPS) is 18.5. The summed E-state index contributed by atoms with van der Waals surface area (Å²) in [6, 6.07) is 0. The van der Waals surface area contributed by atoms with Gasteiger partial charge in [-0.2, -0.15) is 13.2 Å². The maximum Gasteiger partial charge on any atom is 0.410 e. The molecule has 8 heteroatoms. The second-order valence-electron chi connectivity index (χ2n) is 6.37. The summed E-state index contributed by atoms with van der Waals surface area (Å²) in [7, 11) is 0. The van der Waals surface area contributed by atoms with Crippen molar-refractivity contribution in [3.05, 3.63) is 0 Å². The summed E-state index contributed by atoms with van der Waals surface area (Å²) in [6.07, 6.45) is -4.38. The van der Waals surface area contributed by atoms with Gasteiger partial charge < -0.3 is 14.4 Å². The number of esters is 1. The van der Waals surface area contributed by atoms with Gasteiger partial charge in [-0.25, -0.2) is 4.79 Å². The molecule has 0 aliphatic carbocycles. The SMILES string of the molecule is CCC(C)(C)OC(=O)N1CCC(OC(=O)C(C)C(F)(F)F)CC1. The number of carbonyl (C=O) groups excluding carboxylic acids is 2. The Morgan fingerprint density at radius 1 is 1.22 bits per heavy atom. The van der Waals surface area contributed by atoms with Crippen LogP contribution in [0.3, 0.4) is 0 Å². The molecule has 1 rings (SSSR count). The Kier molecular flexibility index (Phi) is 6.30. The molecule has 1 unspecified atom stereocenters. The van der Waals surface area contributed by atoms with Crippen LogP contribution in [0.2, 0.25) is 0 Å². The number of ether oxygens (including phenoxy) is 2. The highest BCUT2D eigenvalue weighted by atomic mass is 19.4. The summed E-state index contributed by atoms with van der Waals surface area (Å²) in [5.41, 5.74) is -0.567. The van der Waals surface area contributed by atoms with Crippen LogP contribution in [0.1, 0.15) is 47.0 Å². The summed E-state index contributed by atoms with van der Waals surface area (Å²) < 4.78 is 47.6. The zero-order valence-corrected chi connectivity index (χ0v) is 13.9. The van der Waals surface area contributed by atoms with Crippen molar-refractivity contribution in [1.29, 1.82) is 0 Å². The molecule has 1 amide bonds. The van der Waals surface area contributed by atoms with E-state index in [4.69, 9.17) is 9.47 Å². The van der Waals surface area contributed by atoms with Crippen molar-refractivity contribution in [2.24, 2.45) is 5.92 Å². The highest BCUT2D eigenvalue weighted by molar-refractivity contribution is 5.73. The fourth-order valence-electron chi connectivity index (χ4n) is 1.93. The number of rotatable bonds is 4. The minimum absolute atomic E-state index is 0.289. The van der Waals surface area contributed by atoms with Crippen molar-refractivity contribution >= 4 is 12.1 Å². The van der Waals surface area contributed by atoms with E-state index in [1.165, 1.54) is 4.90 Å². The zero-order chi connectivity index (χ0) is 17.8. The molecule has 0 aromatic heterocycles. The monoisotopic (exact) mass is 339 g/mol. The Hall–Kier alpha value is -1.47. The molecule has 0 spiro atoms. The van der Waals surface area contributed by atoms with Gasteiger partial charge in [0.25, 0.3) is 0 Å². The Morgan fingerprint density at radius 2 is 1.74 bits per heavy atom. The van der Waals surface area contributed by atoms with E-state index in [1.54, 1.807) is 13.8 Å². The molecule has 0 aromatic rings. The lowest BCUT2D eigenvalue weighted by molar-refractivity contribution is -0.198. The van der Waals surface area contributed by atoms with Crippen molar-refractivity contribution in [3.63, 3.8) is 0 Å². The summed E-state index contributed by atoms with van der Waals surface area (Å²) in [5.74, 6) is -3.42. The standard InChI is InChI=1S/C15H24F3NO4/c1-5-14(3,4)23-13(21)19-8-6-11(7-9-19)22-12(20)10(2)15(16,17)18/h10-11H,5-9H2,1-4H3. The summed E-state index contributed by atoms with van der Waals surface area (Å²) in [5, 5.41) is 0.